The maximum atomic E-state index is 6.10. The van der Waals surface area contributed by atoms with Crippen LogP contribution in [0.25, 0.3) is 0 Å². The molecule has 2 aliphatic rings. The van der Waals surface area contributed by atoms with Crippen molar-refractivity contribution in [1.82, 2.24) is 15.1 Å². The number of fused-ring (bicyclic) bond motifs is 1. The lowest BCUT2D eigenvalue weighted by molar-refractivity contribution is -0.0502. The van der Waals surface area contributed by atoms with E-state index in [-0.39, 0.29) is 6.10 Å². The molecule has 2 saturated heterocycles. The summed E-state index contributed by atoms with van der Waals surface area (Å²) in [7, 11) is 3.51. The molecule has 7 nitrogen and oxygen atoms in total. The van der Waals surface area contributed by atoms with Crippen LogP contribution in [0.1, 0.15) is 11.1 Å². The fraction of sp³-hybridized carbons (Fsp3) is 0.480. The minimum absolute atomic E-state index is 0.218. The van der Waals surface area contributed by atoms with E-state index in [9.17, 15) is 0 Å². The van der Waals surface area contributed by atoms with Crippen molar-refractivity contribution < 1.29 is 14.2 Å². The Hall–Kier alpha value is -2.61. The predicted octanol–water partition coefficient (Wildman–Crippen LogP) is 2.37. The monoisotopic (exact) mass is 438 g/mol. The summed E-state index contributed by atoms with van der Waals surface area (Å²) in [4.78, 5) is 9.36. The highest BCUT2D eigenvalue weighted by molar-refractivity contribution is 5.80. The highest BCUT2D eigenvalue weighted by Crippen LogP contribution is 2.24. The Kier molecular flexibility index (Phi) is 7.98. The zero-order chi connectivity index (χ0) is 22.2. The number of hydrogen-bond donors (Lipinski definition) is 1. The van der Waals surface area contributed by atoms with Crippen molar-refractivity contribution in [3.8, 4) is 5.75 Å². The van der Waals surface area contributed by atoms with Gasteiger partial charge in [-0.3, -0.25) is 9.89 Å². The van der Waals surface area contributed by atoms with Gasteiger partial charge in [-0.15, -0.1) is 0 Å². The lowest BCUT2D eigenvalue weighted by Crippen LogP contribution is -2.50. The number of benzene rings is 2. The molecule has 1 N–H and O–H groups in total. The van der Waals surface area contributed by atoms with Gasteiger partial charge in [0.1, 0.15) is 5.75 Å². The summed E-state index contributed by atoms with van der Waals surface area (Å²) < 4.78 is 17.2. The maximum absolute atomic E-state index is 6.10. The molecule has 2 atom stereocenters. The SMILES string of the molecule is CN=C(NCCOCc1cccc(OC)c1)N1CC2OCCN(Cc3ccccc3)C2C1. The molecule has 2 fully saturated rings. The van der Waals surface area contributed by atoms with Crippen molar-refractivity contribution in [1.29, 1.82) is 0 Å². The number of methoxy groups -OCH3 is 1. The molecule has 0 amide bonds. The summed E-state index contributed by atoms with van der Waals surface area (Å²) in [5.41, 5.74) is 2.45. The molecule has 0 aliphatic carbocycles. The van der Waals surface area contributed by atoms with E-state index in [0.29, 0.717) is 25.8 Å². The second-order valence-electron chi connectivity index (χ2n) is 8.22. The Labute approximate surface area is 191 Å². The van der Waals surface area contributed by atoms with Crippen molar-refractivity contribution in [3.05, 3.63) is 65.7 Å². The first-order chi connectivity index (χ1) is 15.8. The van der Waals surface area contributed by atoms with Gasteiger partial charge in [-0.05, 0) is 23.3 Å². The molecule has 2 heterocycles. The van der Waals surface area contributed by atoms with Gasteiger partial charge in [0.05, 0.1) is 39.1 Å². The van der Waals surface area contributed by atoms with Gasteiger partial charge in [0, 0.05) is 39.8 Å². The average molecular weight is 439 g/mol. The van der Waals surface area contributed by atoms with E-state index in [0.717, 1.165) is 50.1 Å². The smallest absolute Gasteiger partial charge is 0.193 e. The Bertz CT molecular complexity index is 877. The van der Waals surface area contributed by atoms with Crippen LogP contribution in [0.2, 0.25) is 0 Å². The molecule has 0 saturated carbocycles. The Balaban J connectivity index is 1.24. The Morgan fingerprint density at radius 2 is 1.97 bits per heavy atom. The van der Waals surface area contributed by atoms with Crippen molar-refractivity contribution in [2.75, 3.05) is 53.6 Å². The molecule has 0 bridgehead atoms. The van der Waals surface area contributed by atoms with Crippen molar-refractivity contribution >= 4 is 5.96 Å². The molecular formula is C25H34N4O3. The van der Waals surface area contributed by atoms with Crippen LogP contribution in [0.5, 0.6) is 5.75 Å². The molecule has 32 heavy (non-hydrogen) atoms. The van der Waals surface area contributed by atoms with E-state index in [1.807, 2.05) is 31.3 Å². The number of likely N-dealkylation sites (tertiary alicyclic amines) is 1. The summed E-state index contributed by atoms with van der Waals surface area (Å²) in [6.07, 6.45) is 0.218. The molecule has 7 heteroatoms. The minimum atomic E-state index is 0.218. The highest BCUT2D eigenvalue weighted by atomic mass is 16.5. The standard InChI is InChI=1S/C25H34N4O3/c1-26-25(27-11-13-31-19-21-9-6-10-22(15-21)30-2)29-17-23-24(18-29)32-14-12-28(23)16-20-7-4-3-5-8-20/h3-10,15,23-24H,11-14,16-19H2,1-2H3,(H,26,27). The van der Waals surface area contributed by atoms with Gasteiger partial charge >= 0.3 is 0 Å². The van der Waals surface area contributed by atoms with Crippen LogP contribution in [-0.4, -0.2) is 81.5 Å². The van der Waals surface area contributed by atoms with Gasteiger partial charge in [-0.25, -0.2) is 0 Å². The number of nitrogens with one attached hydrogen (secondary N) is 1. The molecule has 4 rings (SSSR count). The zero-order valence-electron chi connectivity index (χ0n) is 19.1. The molecule has 2 unspecified atom stereocenters. The fourth-order valence-corrected chi connectivity index (χ4v) is 4.47. The third-order valence-electron chi connectivity index (χ3n) is 6.09. The summed E-state index contributed by atoms with van der Waals surface area (Å²) >= 11 is 0. The van der Waals surface area contributed by atoms with Crippen LogP contribution in [0, 0.1) is 0 Å². The van der Waals surface area contributed by atoms with Crippen molar-refractivity contribution in [3.63, 3.8) is 0 Å². The third-order valence-corrected chi connectivity index (χ3v) is 6.09. The van der Waals surface area contributed by atoms with Crippen LogP contribution < -0.4 is 10.1 Å². The lowest BCUT2D eigenvalue weighted by Gasteiger charge is -2.36. The van der Waals surface area contributed by atoms with E-state index < -0.39 is 0 Å². The van der Waals surface area contributed by atoms with Crippen LogP contribution in [0.4, 0.5) is 0 Å². The summed E-state index contributed by atoms with van der Waals surface area (Å²) in [5.74, 6) is 1.76. The van der Waals surface area contributed by atoms with Gasteiger partial charge in [0.25, 0.3) is 0 Å². The van der Waals surface area contributed by atoms with Crippen molar-refractivity contribution in [2.45, 2.75) is 25.3 Å². The largest absolute Gasteiger partial charge is 0.497 e. The first-order valence-corrected chi connectivity index (χ1v) is 11.3. The number of hydrogen-bond acceptors (Lipinski definition) is 5. The van der Waals surface area contributed by atoms with Gasteiger partial charge in [-0.2, -0.15) is 0 Å². The maximum Gasteiger partial charge on any atom is 0.193 e. The predicted molar refractivity (Wildman–Crippen MR) is 126 cm³/mol. The Morgan fingerprint density at radius 1 is 1.12 bits per heavy atom. The normalized spacial score (nSPS) is 21.4. The Morgan fingerprint density at radius 3 is 2.78 bits per heavy atom. The summed E-state index contributed by atoms with van der Waals surface area (Å²) in [6, 6.07) is 19.0. The number of rotatable bonds is 8. The van der Waals surface area contributed by atoms with Gasteiger partial charge in [0.15, 0.2) is 5.96 Å². The first-order valence-electron chi connectivity index (χ1n) is 11.3. The fourth-order valence-electron chi connectivity index (χ4n) is 4.47. The van der Waals surface area contributed by atoms with Crippen LogP contribution in [0.3, 0.4) is 0 Å². The molecule has 0 spiro atoms. The van der Waals surface area contributed by atoms with E-state index in [2.05, 4.69) is 50.4 Å². The van der Waals surface area contributed by atoms with Gasteiger partial charge in [-0.1, -0.05) is 42.5 Å². The van der Waals surface area contributed by atoms with Gasteiger partial charge in [0.2, 0.25) is 0 Å². The summed E-state index contributed by atoms with van der Waals surface area (Å²) in [6.45, 7) is 6.36. The van der Waals surface area contributed by atoms with E-state index in [1.54, 1.807) is 7.11 Å². The van der Waals surface area contributed by atoms with E-state index >= 15 is 0 Å². The van der Waals surface area contributed by atoms with Crippen LogP contribution in [0.15, 0.2) is 59.6 Å². The number of aliphatic imine (C=N–C) groups is 1. The van der Waals surface area contributed by atoms with E-state index in [1.165, 1.54) is 5.56 Å². The molecule has 0 radical (unpaired) electrons. The molecule has 2 aromatic carbocycles. The quantitative estimate of drug-likeness (QED) is 0.388. The van der Waals surface area contributed by atoms with Crippen LogP contribution in [-0.2, 0) is 22.6 Å². The topological polar surface area (TPSA) is 58.6 Å². The second kappa shape index (κ2) is 11.3. The number of nitrogens with zero attached hydrogens (tertiary/aromatic N) is 3. The minimum Gasteiger partial charge on any atom is -0.497 e. The number of guanidine groups is 1. The van der Waals surface area contributed by atoms with Crippen LogP contribution >= 0.6 is 0 Å². The van der Waals surface area contributed by atoms with Crippen molar-refractivity contribution in [2.24, 2.45) is 4.99 Å². The second-order valence-corrected chi connectivity index (χ2v) is 8.22. The molecule has 2 aliphatic heterocycles. The zero-order valence-corrected chi connectivity index (χ0v) is 19.1. The average Bonchev–Trinajstić information content (AvgIpc) is 3.27. The van der Waals surface area contributed by atoms with Gasteiger partial charge < -0.3 is 24.4 Å². The molecule has 172 valence electrons. The highest BCUT2D eigenvalue weighted by Gasteiger charge is 2.41. The van der Waals surface area contributed by atoms with E-state index in [4.69, 9.17) is 14.2 Å². The number of ether oxygens (including phenoxy) is 3. The third kappa shape index (κ3) is 5.79. The lowest BCUT2D eigenvalue weighted by atomic mass is 10.1. The molecule has 0 aromatic heterocycles. The number of morpholine rings is 1. The first kappa shape index (κ1) is 22.6. The summed E-state index contributed by atoms with van der Waals surface area (Å²) in [5, 5.41) is 3.45. The molecule has 2 aromatic rings. The molecular weight excluding hydrogens is 404 g/mol.